The van der Waals surface area contributed by atoms with Crippen molar-refractivity contribution in [3.8, 4) is 11.5 Å². The van der Waals surface area contributed by atoms with Gasteiger partial charge in [0.15, 0.2) is 0 Å². The van der Waals surface area contributed by atoms with Gasteiger partial charge in [0.25, 0.3) is 5.22 Å². The molecule has 1 heterocycles. The lowest BCUT2D eigenvalue weighted by Gasteiger charge is -2.32. The van der Waals surface area contributed by atoms with Crippen LogP contribution in [0.15, 0.2) is 38.4 Å². The van der Waals surface area contributed by atoms with Gasteiger partial charge in [-0.2, -0.15) is 0 Å². The van der Waals surface area contributed by atoms with E-state index in [1.165, 1.54) is 11.8 Å². The maximum absolute atomic E-state index is 12.7. The fourth-order valence-corrected chi connectivity index (χ4v) is 3.71. The molecule has 130 valence electrons. The minimum Gasteiger partial charge on any atom is -0.411 e. The lowest BCUT2D eigenvalue weighted by atomic mass is 10.2. The van der Waals surface area contributed by atoms with Crippen molar-refractivity contribution in [2.24, 2.45) is 0 Å². The number of benzene rings is 1. The summed E-state index contributed by atoms with van der Waals surface area (Å²) in [4.78, 5) is 14.5. The van der Waals surface area contributed by atoms with Crippen molar-refractivity contribution in [1.29, 1.82) is 0 Å². The SMILES string of the molecule is CC(C)N(C(=O)[C@@H](C)Sc1nnc(-c2ccccc2Br)o1)C(C)C. The zero-order valence-corrected chi connectivity index (χ0v) is 16.9. The van der Waals surface area contributed by atoms with Crippen LogP contribution in [0.2, 0.25) is 0 Å². The molecule has 24 heavy (non-hydrogen) atoms. The summed E-state index contributed by atoms with van der Waals surface area (Å²) in [5, 5.41) is 8.25. The Morgan fingerprint density at radius 2 is 1.75 bits per heavy atom. The molecule has 1 atom stereocenters. The number of rotatable bonds is 6. The number of thioether (sulfide) groups is 1. The van der Waals surface area contributed by atoms with E-state index in [9.17, 15) is 4.79 Å². The summed E-state index contributed by atoms with van der Waals surface area (Å²) in [5.41, 5.74) is 0.835. The molecular weight excluding hydrogens is 390 g/mol. The summed E-state index contributed by atoms with van der Waals surface area (Å²) in [6.45, 7) is 9.95. The summed E-state index contributed by atoms with van der Waals surface area (Å²) < 4.78 is 6.60. The number of amides is 1. The molecule has 2 rings (SSSR count). The van der Waals surface area contributed by atoms with Crippen LogP contribution >= 0.6 is 27.7 Å². The first-order valence-corrected chi connectivity index (χ1v) is 9.55. The number of aromatic nitrogens is 2. The first-order chi connectivity index (χ1) is 11.3. The maximum atomic E-state index is 12.7. The molecule has 0 aliphatic carbocycles. The van der Waals surface area contributed by atoms with Gasteiger partial charge >= 0.3 is 0 Å². The van der Waals surface area contributed by atoms with E-state index in [1.807, 2.05) is 63.8 Å². The molecule has 0 spiro atoms. The Bertz CT molecular complexity index is 695. The second kappa shape index (κ2) is 8.16. The third-order valence-electron chi connectivity index (χ3n) is 3.50. The summed E-state index contributed by atoms with van der Waals surface area (Å²) in [6.07, 6.45) is 0. The fraction of sp³-hybridized carbons (Fsp3) is 0.471. The van der Waals surface area contributed by atoms with E-state index in [4.69, 9.17) is 4.42 Å². The lowest BCUT2D eigenvalue weighted by molar-refractivity contribution is -0.133. The van der Waals surface area contributed by atoms with Crippen LogP contribution in [0.5, 0.6) is 0 Å². The Kier molecular flexibility index (Phi) is 6.46. The molecule has 0 unspecified atom stereocenters. The molecule has 0 aliphatic rings. The number of hydrogen-bond donors (Lipinski definition) is 0. The van der Waals surface area contributed by atoms with Crippen LogP contribution in [0.4, 0.5) is 0 Å². The van der Waals surface area contributed by atoms with Crippen molar-refractivity contribution >= 4 is 33.6 Å². The van der Waals surface area contributed by atoms with Crippen LogP contribution in [-0.4, -0.2) is 38.3 Å². The number of halogens is 1. The van der Waals surface area contributed by atoms with Crippen molar-refractivity contribution in [2.45, 2.75) is 57.2 Å². The van der Waals surface area contributed by atoms with E-state index in [0.717, 1.165) is 10.0 Å². The molecule has 0 N–H and O–H groups in total. The Morgan fingerprint density at radius 3 is 2.33 bits per heavy atom. The highest BCUT2D eigenvalue weighted by Crippen LogP contribution is 2.31. The lowest BCUT2D eigenvalue weighted by Crippen LogP contribution is -2.45. The zero-order chi connectivity index (χ0) is 17.9. The molecule has 2 aromatic rings. The third-order valence-corrected chi connectivity index (χ3v) is 5.12. The van der Waals surface area contributed by atoms with E-state index in [0.29, 0.717) is 11.1 Å². The standard InChI is InChI=1S/C17H22BrN3O2S/c1-10(2)21(11(3)4)16(22)12(5)24-17-20-19-15(23-17)13-8-6-7-9-14(13)18/h6-12H,1-5H3/t12-/m1/s1. The van der Waals surface area contributed by atoms with Crippen LogP contribution in [0.3, 0.4) is 0 Å². The monoisotopic (exact) mass is 411 g/mol. The zero-order valence-electron chi connectivity index (χ0n) is 14.5. The Hall–Kier alpha value is -1.34. The van der Waals surface area contributed by atoms with Crippen molar-refractivity contribution in [3.05, 3.63) is 28.7 Å². The van der Waals surface area contributed by atoms with Gasteiger partial charge in [0.1, 0.15) is 0 Å². The van der Waals surface area contributed by atoms with Gasteiger partial charge in [0, 0.05) is 16.6 Å². The number of hydrogen-bond acceptors (Lipinski definition) is 5. The van der Waals surface area contributed by atoms with Crippen LogP contribution in [0.1, 0.15) is 34.6 Å². The van der Waals surface area contributed by atoms with Gasteiger partial charge in [-0.25, -0.2) is 0 Å². The molecule has 0 saturated carbocycles. The van der Waals surface area contributed by atoms with Crippen molar-refractivity contribution in [1.82, 2.24) is 15.1 Å². The molecule has 5 nitrogen and oxygen atoms in total. The summed E-state index contributed by atoms with van der Waals surface area (Å²) >= 11 is 4.76. The summed E-state index contributed by atoms with van der Waals surface area (Å²) in [6, 6.07) is 7.96. The largest absolute Gasteiger partial charge is 0.411 e. The highest BCUT2D eigenvalue weighted by atomic mass is 79.9. The Labute approximate surface area is 155 Å². The van der Waals surface area contributed by atoms with Crippen molar-refractivity contribution in [3.63, 3.8) is 0 Å². The highest BCUT2D eigenvalue weighted by molar-refractivity contribution is 9.10. The van der Waals surface area contributed by atoms with Gasteiger partial charge in [-0.3, -0.25) is 4.79 Å². The minimum absolute atomic E-state index is 0.0747. The third kappa shape index (κ3) is 4.39. The summed E-state index contributed by atoms with van der Waals surface area (Å²) in [7, 11) is 0. The second-order valence-corrected chi connectivity index (χ2v) is 8.19. The predicted octanol–water partition coefficient (Wildman–Crippen LogP) is 4.63. The molecule has 0 bridgehead atoms. The second-order valence-electron chi connectivity index (χ2n) is 6.05. The number of carbonyl (C=O) groups is 1. The topological polar surface area (TPSA) is 59.2 Å². The van der Waals surface area contributed by atoms with E-state index >= 15 is 0 Å². The highest BCUT2D eigenvalue weighted by Gasteiger charge is 2.27. The van der Waals surface area contributed by atoms with Gasteiger partial charge in [0.2, 0.25) is 11.8 Å². The van der Waals surface area contributed by atoms with Gasteiger partial charge in [-0.15, -0.1) is 10.2 Å². The van der Waals surface area contributed by atoms with Crippen LogP contribution < -0.4 is 0 Å². The van der Waals surface area contributed by atoms with E-state index in [-0.39, 0.29) is 23.2 Å². The smallest absolute Gasteiger partial charge is 0.277 e. The van der Waals surface area contributed by atoms with E-state index < -0.39 is 0 Å². The van der Waals surface area contributed by atoms with Crippen molar-refractivity contribution < 1.29 is 9.21 Å². The molecule has 0 radical (unpaired) electrons. The van der Waals surface area contributed by atoms with Gasteiger partial charge < -0.3 is 9.32 Å². The van der Waals surface area contributed by atoms with E-state index in [2.05, 4.69) is 26.1 Å². The minimum atomic E-state index is -0.290. The summed E-state index contributed by atoms with van der Waals surface area (Å²) in [5.74, 6) is 0.514. The van der Waals surface area contributed by atoms with Crippen LogP contribution in [-0.2, 0) is 4.79 Å². The van der Waals surface area contributed by atoms with Crippen LogP contribution in [0, 0.1) is 0 Å². The van der Waals surface area contributed by atoms with Gasteiger partial charge in [0.05, 0.1) is 10.8 Å². The quantitative estimate of drug-likeness (QED) is 0.648. The molecule has 7 heteroatoms. The average molecular weight is 412 g/mol. The Morgan fingerprint density at radius 1 is 1.12 bits per heavy atom. The van der Waals surface area contributed by atoms with E-state index in [1.54, 1.807) is 0 Å². The Balaban J connectivity index is 2.12. The molecule has 1 aromatic carbocycles. The normalized spacial score (nSPS) is 12.7. The molecule has 0 fully saturated rings. The van der Waals surface area contributed by atoms with Gasteiger partial charge in [-0.05, 0) is 62.7 Å². The number of nitrogens with zero attached hydrogens (tertiary/aromatic N) is 3. The maximum Gasteiger partial charge on any atom is 0.277 e. The predicted molar refractivity (Wildman–Crippen MR) is 99.9 cm³/mol. The molecule has 1 aromatic heterocycles. The first-order valence-electron chi connectivity index (χ1n) is 7.88. The molecule has 0 aliphatic heterocycles. The molecular formula is C17H22BrN3O2S. The van der Waals surface area contributed by atoms with Crippen molar-refractivity contribution in [2.75, 3.05) is 0 Å². The van der Waals surface area contributed by atoms with Gasteiger partial charge in [-0.1, -0.05) is 23.9 Å². The average Bonchev–Trinajstić information content (AvgIpc) is 2.95. The first kappa shape index (κ1) is 19.0. The van der Waals surface area contributed by atoms with Crippen LogP contribution in [0.25, 0.3) is 11.5 Å². The number of carbonyl (C=O) groups excluding carboxylic acids is 1. The molecule has 0 saturated heterocycles. The molecule has 1 amide bonds. The fourth-order valence-electron chi connectivity index (χ4n) is 2.52.